The van der Waals surface area contributed by atoms with Gasteiger partial charge in [-0.05, 0) is 67.6 Å². The lowest BCUT2D eigenvalue weighted by Crippen LogP contribution is -2.41. The lowest BCUT2D eigenvalue weighted by Gasteiger charge is -2.32. The van der Waals surface area contributed by atoms with Crippen LogP contribution in [0.1, 0.15) is 61.9 Å². The maximum absolute atomic E-state index is 13.0. The average Bonchev–Trinajstić information content (AvgIpc) is 3.15. The third kappa shape index (κ3) is 4.51. The predicted octanol–water partition coefficient (Wildman–Crippen LogP) is 5.24. The molecule has 1 amide bonds. The largest absolute Gasteiger partial charge is 0.298 e. The van der Waals surface area contributed by atoms with Gasteiger partial charge in [0, 0.05) is 18.2 Å². The molecule has 1 atom stereocenters. The number of amides is 1. The Bertz CT molecular complexity index is 1200. The molecule has 6 nitrogen and oxygen atoms in total. The van der Waals surface area contributed by atoms with Gasteiger partial charge in [0.2, 0.25) is 10.0 Å². The molecule has 1 aliphatic rings. The molecule has 1 N–H and O–H groups in total. The van der Waals surface area contributed by atoms with Gasteiger partial charge in [-0.2, -0.15) is 4.31 Å². The topological polar surface area (TPSA) is 79.4 Å². The van der Waals surface area contributed by atoms with Crippen LogP contribution in [0.15, 0.2) is 47.4 Å². The summed E-state index contributed by atoms with van der Waals surface area (Å²) < 4.78 is 28.5. The van der Waals surface area contributed by atoms with Crippen LogP contribution in [0.4, 0.5) is 5.13 Å². The van der Waals surface area contributed by atoms with Crippen LogP contribution in [0.2, 0.25) is 0 Å². The Morgan fingerprint density at radius 2 is 1.90 bits per heavy atom. The smallest absolute Gasteiger partial charge is 0.257 e. The number of sulfonamides is 1. The van der Waals surface area contributed by atoms with Gasteiger partial charge in [-0.25, -0.2) is 13.4 Å². The minimum atomic E-state index is -3.55. The monoisotopic (exact) mass is 457 g/mol. The van der Waals surface area contributed by atoms with E-state index in [1.54, 1.807) is 16.4 Å². The molecule has 0 spiro atoms. The van der Waals surface area contributed by atoms with Gasteiger partial charge < -0.3 is 0 Å². The fourth-order valence-electron chi connectivity index (χ4n) is 3.87. The molecule has 0 unspecified atom stereocenters. The molecular formula is C23H27N3O3S2. The zero-order chi connectivity index (χ0) is 22.2. The fraction of sp³-hybridized carbons (Fsp3) is 0.391. The Morgan fingerprint density at radius 1 is 1.16 bits per heavy atom. The maximum Gasteiger partial charge on any atom is 0.257 e. The SMILES string of the molecule is CC(C)c1ccc2nc(NC(=O)c3ccc(S(=O)(=O)N4CCCC[C@H]4C)cc3)sc2c1. The Balaban J connectivity index is 1.50. The van der Waals surface area contributed by atoms with Crippen molar-refractivity contribution in [3.8, 4) is 0 Å². The number of aromatic nitrogens is 1. The van der Waals surface area contributed by atoms with Gasteiger partial charge in [0.1, 0.15) is 0 Å². The highest BCUT2D eigenvalue weighted by Crippen LogP contribution is 2.30. The molecule has 2 heterocycles. The van der Waals surface area contributed by atoms with Crippen molar-refractivity contribution in [1.29, 1.82) is 0 Å². The molecule has 1 saturated heterocycles. The number of rotatable bonds is 5. The van der Waals surface area contributed by atoms with Crippen molar-refractivity contribution < 1.29 is 13.2 Å². The molecule has 0 saturated carbocycles. The van der Waals surface area contributed by atoms with Crippen LogP contribution in [-0.4, -0.2) is 36.2 Å². The van der Waals surface area contributed by atoms with E-state index in [9.17, 15) is 13.2 Å². The van der Waals surface area contributed by atoms with Gasteiger partial charge in [-0.1, -0.05) is 37.7 Å². The van der Waals surface area contributed by atoms with Crippen LogP contribution >= 0.6 is 11.3 Å². The van der Waals surface area contributed by atoms with Crippen molar-refractivity contribution in [2.75, 3.05) is 11.9 Å². The van der Waals surface area contributed by atoms with Crippen molar-refractivity contribution in [3.05, 3.63) is 53.6 Å². The van der Waals surface area contributed by atoms with Crippen LogP contribution in [0.25, 0.3) is 10.2 Å². The molecular weight excluding hydrogens is 430 g/mol. The summed E-state index contributed by atoms with van der Waals surface area (Å²) in [5, 5.41) is 3.36. The first kappa shape index (κ1) is 21.9. The van der Waals surface area contributed by atoms with Gasteiger partial charge in [-0.15, -0.1) is 0 Å². The number of benzene rings is 2. The third-order valence-corrected chi connectivity index (χ3v) is 8.73. The zero-order valence-electron chi connectivity index (χ0n) is 18.0. The number of carbonyl (C=O) groups excluding carboxylic acids is 1. The fourth-order valence-corrected chi connectivity index (χ4v) is 6.47. The van der Waals surface area contributed by atoms with E-state index in [2.05, 4.69) is 36.3 Å². The number of fused-ring (bicyclic) bond motifs is 1. The lowest BCUT2D eigenvalue weighted by atomic mass is 10.0. The molecule has 31 heavy (non-hydrogen) atoms. The van der Waals surface area contributed by atoms with E-state index in [4.69, 9.17) is 0 Å². The van der Waals surface area contributed by atoms with E-state index in [0.29, 0.717) is 23.2 Å². The molecule has 0 aliphatic carbocycles. The van der Waals surface area contributed by atoms with E-state index in [-0.39, 0.29) is 16.8 Å². The van der Waals surface area contributed by atoms with E-state index in [1.807, 2.05) is 13.0 Å². The third-order valence-electron chi connectivity index (χ3n) is 5.76. The molecule has 2 aromatic carbocycles. The summed E-state index contributed by atoms with van der Waals surface area (Å²) in [6.07, 6.45) is 2.81. The van der Waals surface area contributed by atoms with E-state index in [1.165, 1.54) is 29.0 Å². The summed E-state index contributed by atoms with van der Waals surface area (Å²) in [5.74, 6) is 0.116. The van der Waals surface area contributed by atoms with Crippen LogP contribution in [0.5, 0.6) is 0 Å². The van der Waals surface area contributed by atoms with Crippen LogP contribution in [-0.2, 0) is 10.0 Å². The first-order valence-corrected chi connectivity index (χ1v) is 12.8. The summed E-state index contributed by atoms with van der Waals surface area (Å²) in [5.41, 5.74) is 2.48. The highest BCUT2D eigenvalue weighted by Gasteiger charge is 2.30. The van der Waals surface area contributed by atoms with Crippen molar-refractivity contribution in [2.24, 2.45) is 0 Å². The minimum Gasteiger partial charge on any atom is -0.298 e. The van der Waals surface area contributed by atoms with Gasteiger partial charge >= 0.3 is 0 Å². The molecule has 4 rings (SSSR count). The molecule has 164 valence electrons. The van der Waals surface area contributed by atoms with Crippen LogP contribution in [0, 0.1) is 0 Å². The van der Waals surface area contributed by atoms with Crippen LogP contribution < -0.4 is 5.32 Å². The predicted molar refractivity (Wildman–Crippen MR) is 125 cm³/mol. The Labute approximate surface area is 187 Å². The van der Waals surface area contributed by atoms with Crippen molar-refractivity contribution in [3.63, 3.8) is 0 Å². The Hall–Kier alpha value is -2.29. The Morgan fingerprint density at radius 3 is 2.58 bits per heavy atom. The number of carbonyl (C=O) groups is 1. The Kier molecular flexibility index (Phi) is 6.14. The summed E-state index contributed by atoms with van der Waals surface area (Å²) in [4.78, 5) is 17.4. The standard InChI is InChI=1S/C23H27N3O3S2/c1-15(2)18-9-12-20-21(14-18)30-23(24-20)25-22(27)17-7-10-19(11-8-17)31(28,29)26-13-5-4-6-16(26)3/h7-12,14-16H,4-6,13H2,1-3H3,(H,24,25,27)/t16-/m1/s1. The second-order valence-electron chi connectivity index (χ2n) is 8.34. The summed E-state index contributed by atoms with van der Waals surface area (Å²) >= 11 is 1.43. The minimum absolute atomic E-state index is 0.00280. The summed E-state index contributed by atoms with van der Waals surface area (Å²) in [6.45, 7) is 6.77. The van der Waals surface area contributed by atoms with Crippen molar-refractivity contribution in [2.45, 2.75) is 56.9 Å². The normalized spacial score (nSPS) is 17.9. The first-order chi connectivity index (χ1) is 14.8. The summed E-state index contributed by atoms with van der Waals surface area (Å²) in [7, 11) is -3.55. The molecule has 3 aromatic rings. The second-order valence-corrected chi connectivity index (χ2v) is 11.3. The van der Waals surface area contributed by atoms with E-state index in [0.717, 1.165) is 29.5 Å². The van der Waals surface area contributed by atoms with Gasteiger partial charge in [0.15, 0.2) is 5.13 Å². The molecule has 1 fully saturated rings. The number of anilines is 1. The molecule has 8 heteroatoms. The van der Waals surface area contributed by atoms with Gasteiger partial charge in [-0.3, -0.25) is 10.1 Å². The highest BCUT2D eigenvalue weighted by molar-refractivity contribution is 7.89. The lowest BCUT2D eigenvalue weighted by molar-refractivity contribution is 0.102. The quantitative estimate of drug-likeness (QED) is 0.569. The summed E-state index contributed by atoms with van der Waals surface area (Å²) in [6, 6.07) is 12.3. The van der Waals surface area contributed by atoms with E-state index < -0.39 is 10.0 Å². The van der Waals surface area contributed by atoms with Crippen molar-refractivity contribution in [1.82, 2.24) is 9.29 Å². The van der Waals surface area contributed by atoms with Crippen LogP contribution in [0.3, 0.4) is 0 Å². The maximum atomic E-state index is 13.0. The first-order valence-electron chi connectivity index (χ1n) is 10.6. The van der Waals surface area contributed by atoms with Gasteiger partial charge in [0.05, 0.1) is 15.1 Å². The van der Waals surface area contributed by atoms with Gasteiger partial charge in [0.25, 0.3) is 5.91 Å². The second kappa shape index (κ2) is 8.68. The van der Waals surface area contributed by atoms with Crippen molar-refractivity contribution >= 4 is 42.6 Å². The molecule has 1 aliphatic heterocycles. The number of piperidine rings is 1. The van der Waals surface area contributed by atoms with E-state index >= 15 is 0 Å². The number of hydrogen-bond acceptors (Lipinski definition) is 5. The highest BCUT2D eigenvalue weighted by atomic mass is 32.2. The molecule has 0 bridgehead atoms. The average molecular weight is 458 g/mol. The zero-order valence-corrected chi connectivity index (χ0v) is 19.6. The number of thiazole rings is 1. The number of hydrogen-bond donors (Lipinski definition) is 1. The number of nitrogens with one attached hydrogen (secondary N) is 1. The molecule has 0 radical (unpaired) electrons. The molecule has 1 aromatic heterocycles. The number of nitrogens with zero attached hydrogens (tertiary/aromatic N) is 2.